The zero-order chi connectivity index (χ0) is 10.6. The maximum Gasteiger partial charge on any atom is 0.222 e. The van der Waals surface area contributed by atoms with Crippen LogP contribution in [-0.2, 0) is 4.79 Å². The summed E-state index contributed by atoms with van der Waals surface area (Å²) >= 11 is 0. The van der Waals surface area contributed by atoms with Crippen LogP contribution in [0, 0.1) is 5.92 Å². The van der Waals surface area contributed by atoms with Gasteiger partial charge >= 0.3 is 0 Å². The normalized spacial score (nSPS) is 19.4. The largest absolute Gasteiger partial charge is 0.391 e. The number of β-amino-alcohol motifs (C(OH)–C–C–N with tert-alkyl or cyclic N) is 1. The molecule has 1 saturated heterocycles. The lowest BCUT2D eigenvalue weighted by atomic mass is 9.96. The van der Waals surface area contributed by atoms with Crippen molar-refractivity contribution in [2.75, 3.05) is 13.1 Å². The number of rotatable bonds is 5. The van der Waals surface area contributed by atoms with Gasteiger partial charge in [-0.2, -0.15) is 0 Å². The van der Waals surface area contributed by atoms with Crippen LogP contribution in [0.25, 0.3) is 0 Å². The molecule has 14 heavy (non-hydrogen) atoms. The van der Waals surface area contributed by atoms with Gasteiger partial charge in [0.25, 0.3) is 0 Å². The minimum atomic E-state index is -0.341. The monoisotopic (exact) mass is 199 g/mol. The van der Waals surface area contributed by atoms with E-state index in [9.17, 15) is 9.90 Å². The van der Waals surface area contributed by atoms with E-state index in [0.29, 0.717) is 18.9 Å². The summed E-state index contributed by atoms with van der Waals surface area (Å²) in [7, 11) is 0. The van der Waals surface area contributed by atoms with Gasteiger partial charge in [-0.05, 0) is 12.3 Å². The molecule has 1 fully saturated rings. The van der Waals surface area contributed by atoms with Crippen LogP contribution in [0.15, 0.2) is 0 Å². The van der Waals surface area contributed by atoms with Crippen LogP contribution in [0.3, 0.4) is 0 Å². The number of carbonyl (C=O) groups excluding carboxylic acids is 1. The van der Waals surface area contributed by atoms with Crippen molar-refractivity contribution in [3.05, 3.63) is 0 Å². The summed E-state index contributed by atoms with van der Waals surface area (Å²) < 4.78 is 0. The van der Waals surface area contributed by atoms with Crippen molar-refractivity contribution >= 4 is 5.91 Å². The summed E-state index contributed by atoms with van der Waals surface area (Å²) in [6.45, 7) is 5.54. The minimum absolute atomic E-state index is 0.204. The molecule has 1 aliphatic rings. The highest BCUT2D eigenvalue weighted by molar-refractivity contribution is 5.78. The second-order valence-electron chi connectivity index (χ2n) is 4.09. The van der Waals surface area contributed by atoms with E-state index in [1.54, 1.807) is 4.90 Å². The third-order valence-corrected chi connectivity index (χ3v) is 3.17. The average Bonchev–Trinajstić information content (AvgIpc) is 2.54. The first-order chi connectivity index (χ1) is 6.69. The van der Waals surface area contributed by atoms with Gasteiger partial charge in [-0.3, -0.25) is 4.79 Å². The highest BCUT2D eigenvalue weighted by atomic mass is 16.3. The molecule has 0 aliphatic carbocycles. The maximum atomic E-state index is 11.3. The van der Waals surface area contributed by atoms with Crippen LogP contribution in [0.1, 0.15) is 39.5 Å². The summed E-state index contributed by atoms with van der Waals surface area (Å²) in [5.74, 6) is 0.540. The Balaban J connectivity index is 2.38. The molecule has 1 unspecified atom stereocenters. The van der Waals surface area contributed by atoms with Gasteiger partial charge in [0.2, 0.25) is 5.91 Å². The zero-order valence-corrected chi connectivity index (χ0v) is 9.20. The lowest BCUT2D eigenvalue weighted by Crippen LogP contribution is -2.37. The fraction of sp³-hybridized carbons (Fsp3) is 0.909. The molecule has 0 aromatic rings. The standard InChI is InChI=1S/C11H21NO2/c1-3-9(4-2)10(13)8-12-7-5-6-11(12)14/h9-10,13H,3-8H2,1-2H3. The highest BCUT2D eigenvalue weighted by Gasteiger charge is 2.25. The lowest BCUT2D eigenvalue weighted by molar-refractivity contribution is -0.129. The molecule has 0 bridgehead atoms. The van der Waals surface area contributed by atoms with Crippen LogP contribution < -0.4 is 0 Å². The number of hydrogen-bond donors (Lipinski definition) is 1. The molecule has 1 heterocycles. The third kappa shape index (κ3) is 2.71. The SMILES string of the molecule is CCC(CC)C(O)CN1CCCC1=O. The van der Waals surface area contributed by atoms with Crippen molar-refractivity contribution in [3.8, 4) is 0 Å². The molecule has 1 amide bonds. The van der Waals surface area contributed by atoms with Crippen molar-refractivity contribution in [1.82, 2.24) is 4.90 Å². The molecule has 1 N–H and O–H groups in total. The summed E-state index contributed by atoms with van der Waals surface area (Å²) in [6.07, 6.45) is 3.25. The second-order valence-corrected chi connectivity index (χ2v) is 4.09. The fourth-order valence-electron chi connectivity index (χ4n) is 2.10. The van der Waals surface area contributed by atoms with Crippen LogP contribution in [0.4, 0.5) is 0 Å². The fourth-order valence-corrected chi connectivity index (χ4v) is 2.10. The number of aliphatic hydroxyl groups excluding tert-OH is 1. The van der Waals surface area contributed by atoms with E-state index in [2.05, 4.69) is 13.8 Å². The first-order valence-corrected chi connectivity index (χ1v) is 5.64. The molecule has 3 heteroatoms. The predicted octanol–water partition coefficient (Wildman–Crippen LogP) is 1.41. The van der Waals surface area contributed by atoms with E-state index in [0.717, 1.165) is 25.8 Å². The Hall–Kier alpha value is -0.570. The summed E-state index contributed by atoms with van der Waals surface area (Å²) in [4.78, 5) is 13.1. The Morgan fingerprint density at radius 3 is 2.50 bits per heavy atom. The van der Waals surface area contributed by atoms with Gasteiger partial charge in [-0.1, -0.05) is 26.7 Å². The first kappa shape index (κ1) is 11.5. The minimum Gasteiger partial charge on any atom is -0.391 e. The highest BCUT2D eigenvalue weighted by Crippen LogP contribution is 2.17. The Kier molecular flexibility index (Phi) is 4.39. The molecule has 0 spiro atoms. The molecule has 0 saturated carbocycles. The average molecular weight is 199 g/mol. The van der Waals surface area contributed by atoms with E-state index in [1.807, 2.05) is 0 Å². The number of likely N-dealkylation sites (tertiary alicyclic amines) is 1. The van der Waals surface area contributed by atoms with Crippen LogP contribution in [-0.4, -0.2) is 35.1 Å². The van der Waals surface area contributed by atoms with E-state index >= 15 is 0 Å². The molecule has 1 atom stereocenters. The van der Waals surface area contributed by atoms with E-state index in [-0.39, 0.29) is 12.0 Å². The topological polar surface area (TPSA) is 40.5 Å². The number of hydrogen-bond acceptors (Lipinski definition) is 2. The van der Waals surface area contributed by atoms with Crippen molar-refractivity contribution in [3.63, 3.8) is 0 Å². The Labute approximate surface area is 86.1 Å². The third-order valence-electron chi connectivity index (χ3n) is 3.17. The zero-order valence-electron chi connectivity index (χ0n) is 9.20. The van der Waals surface area contributed by atoms with Crippen molar-refractivity contribution in [1.29, 1.82) is 0 Å². The van der Waals surface area contributed by atoms with Crippen molar-refractivity contribution in [2.24, 2.45) is 5.92 Å². The van der Waals surface area contributed by atoms with E-state index < -0.39 is 0 Å². The number of amides is 1. The first-order valence-electron chi connectivity index (χ1n) is 5.64. The molecule has 0 aromatic carbocycles. The summed E-state index contributed by atoms with van der Waals surface area (Å²) in [5.41, 5.74) is 0. The predicted molar refractivity (Wildman–Crippen MR) is 55.9 cm³/mol. The van der Waals surface area contributed by atoms with Gasteiger partial charge < -0.3 is 10.0 Å². The van der Waals surface area contributed by atoms with Gasteiger partial charge in [-0.15, -0.1) is 0 Å². The number of aliphatic hydroxyl groups is 1. The molecule has 1 aliphatic heterocycles. The van der Waals surface area contributed by atoms with Crippen molar-refractivity contribution in [2.45, 2.75) is 45.6 Å². The Morgan fingerprint density at radius 1 is 1.43 bits per heavy atom. The Bertz CT molecular complexity index is 190. The van der Waals surface area contributed by atoms with Crippen LogP contribution >= 0.6 is 0 Å². The summed E-state index contributed by atoms with van der Waals surface area (Å²) in [6, 6.07) is 0. The van der Waals surface area contributed by atoms with E-state index in [4.69, 9.17) is 0 Å². The molecular weight excluding hydrogens is 178 g/mol. The van der Waals surface area contributed by atoms with Crippen molar-refractivity contribution < 1.29 is 9.90 Å². The summed E-state index contributed by atoms with van der Waals surface area (Å²) in [5, 5.41) is 9.89. The lowest BCUT2D eigenvalue weighted by Gasteiger charge is -2.25. The van der Waals surface area contributed by atoms with E-state index in [1.165, 1.54) is 0 Å². The number of carbonyl (C=O) groups is 1. The van der Waals surface area contributed by atoms with Gasteiger partial charge in [0.05, 0.1) is 6.10 Å². The molecule has 82 valence electrons. The van der Waals surface area contributed by atoms with Gasteiger partial charge in [0.1, 0.15) is 0 Å². The van der Waals surface area contributed by atoms with Gasteiger partial charge in [-0.25, -0.2) is 0 Å². The van der Waals surface area contributed by atoms with Gasteiger partial charge in [0, 0.05) is 19.5 Å². The Morgan fingerprint density at radius 2 is 2.07 bits per heavy atom. The van der Waals surface area contributed by atoms with Crippen LogP contribution in [0.5, 0.6) is 0 Å². The maximum absolute atomic E-state index is 11.3. The van der Waals surface area contributed by atoms with Crippen LogP contribution in [0.2, 0.25) is 0 Å². The molecule has 0 aromatic heterocycles. The number of nitrogens with zero attached hydrogens (tertiary/aromatic N) is 1. The smallest absolute Gasteiger partial charge is 0.222 e. The molecule has 0 radical (unpaired) electrons. The molecule has 1 rings (SSSR count). The molecule has 3 nitrogen and oxygen atoms in total. The quantitative estimate of drug-likeness (QED) is 0.727. The molecular formula is C11H21NO2. The van der Waals surface area contributed by atoms with Gasteiger partial charge in [0.15, 0.2) is 0 Å². The second kappa shape index (κ2) is 5.35.